The number of benzene rings is 2. The third-order valence-corrected chi connectivity index (χ3v) is 3.93. The van der Waals surface area contributed by atoms with Gasteiger partial charge >= 0.3 is 0 Å². The second-order valence-corrected chi connectivity index (χ2v) is 5.94. The Hall–Kier alpha value is -2.20. The molecule has 1 aromatic heterocycles. The SMILES string of the molecule is CC(C)[C@H](N)c1nc2ccccc2n1Cc1cccc(F)c1. The van der Waals surface area contributed by atoms with Gasteiger partial charge in [-0.3, -0.25) is 0 Å². The van der Waals surface area contributed by atoms with E-state index in [1.54, 1.807) is 12.1 Å². The molecule has 1 atom stereocenters. The molecule has 114 valence electrons. The van der Waals surface area contributed by atoms with Crippen molar-refractivity contribution in [3.05, 3.63) is 65.7 Å². The van der Waals surface area contributed by atoms with Crippen molar-refractivity contribution in [2.24, 2.45) is 11.7 Å². The van der Waals surface area contributed by atoms with Crippen molar-refractivity contribution in [2.75, 3.05) is 0 Å². The van der Waals surface area contributed by atoms with Crippen LogP contribution in [0.5, 0.6) is 0 Å². The Kier molecular flexibility index (Phi) is 3.94. The Balaban J connectivity index is 2.11. The predicted molar refractivity (Wildman–Crippen MR) is 87.0 cm³/mol. The molecule has 0 amide bonds. The first-order chi connectivity index (χ1) is 10.6. The van der Waals surface area contributed by atoms with Gasteiger partial charge in [0.2, 0.25) is 0 Å². The number of imidazole rings is 1. The van der Waals surface area contributed by atoms with Crippen LogP contribution in [0, 0.1) is 11.7 Å². The number of halogens is 1. The van der Waals surface area contributed by atoms with Crippen LogP contribution in [0.4, 0.5) is 4.39 Å². The topological polar surface area (TPSA) is 43.8 Å². The molecule has 4 heteroatoms. The first kappa shape index (κ1) is 14.7. The van der Waals surface area contributed by atoms with E-state index >= 15 is 0 Å². The molecule has 0 aliphatic rings. The van der Waals surface area contributed by atoms with Gasteiger partial charge in [0.05, 0.1) is 17.1 Å². The van der Waals surface area contributed by atoms with E-state index < -0.39 is 0 Å². The van der Waals surface area contributed by atoms with Crippen molar-refractivity contribution in [1.29, 1.82) is 0 Å². The average Bonchev–Trinajstić information content (AvgIpc) is 2.85. The second kappa shape index (κ2) is 5.89. The number of nitrogens with two attached hydrogens (primary N) is 1. The summed E-state index contributed by atoms with van der Waals surface area (Å²) in [6.07, 6.45) is 0. The van der Waals surface area contributed by atoms with E-state index in [1.165, 1.54) is 6.07 Å². The van der Waals surface area contributed by atoms with E-state index in [-0.39, 0.29) is 17.8 Å². The van der Waals surface area contributed by atoms with Gasteiger partial charge < -0.3 is 10.3 Å². The zero-order valence-electron chi connectivity index (χ0n) is 12.8. The van der Waals surface area contributed by atoms with Crippen LogP contribution in [0.15, 0.2) is 48.5 Å². The van der Waals surface area contributed by atoms with Crippen LogP contribution in [0.1, 0.15) is 31.3 Å². The van der Waals surface area contributed by atoms with Gasteiger partial charge in [-0.1, -0.05) is 38.1 Å². The summed E-state index contributed by atoms with van der Waals surface area (Å²) in [6, 6.07) is 14.5. The molecule has 1 heterocycles. The Bertz CT molecular complexity index is 792. The Morgan fingerprint density at radius 3 is 2.64 bits per heavy atom. The van der Waals surface area contributed by atoms with Crippen LogP contribution < -0.4 is 5.73 Å². The summed E-state index contributed by atoms with van der Waals surface area (Å²) in [5, 5.41) is 0. The van der Waals surface area contributed by atoms with Crippen LogP contribution in [0.3, 0.4) is 0 Å². The standard InChI is InChI=1S/C18H20FN3/c1-12(2)17(20)18-21-15-8-3-4-9-16(15)22(18)11-13-6-5-7-14(19)10-13/h3-10,12,17H,11,20H2,1-2H3/t17-/m0/s1. The van der Waals surface area contributed by atoms with Crippen molar-refractivity contribution < 1.29 is 4.39 Å². The largest absolute Gasteiger partial charge is 0.322 e. The summed E-state index contributed by atoms with van der Waals surface area (Å²) in [4.78, 5) is 4.70. The molecule has 3 nitrogen and oxygen atoms in total. The van der Waals surface area contributed by atoms with E-state index in [2.05, 4.69) is 18.4 Å². The maximum Gasteiger partial charge on any atom is 0.127 e. The lowest BCUT2D eigenvalue weighted by molar-refractivity contribution is 0.474. The normalized spacial score (nSPS) is 13.0. The van der Waals surface area contributed by atoms with Gasteiger partial charge in [-0.2, -0.15) is 0 Å². The summed E-state index contributed by atoms with van der Waals surface area (Å²) in [6.45, 7) is 4.72. The Labute approximate surface area is 129 Å². The summed E-state index contributed by atoms with van der Waals surface area (Å²) in [5.41, 5.74) is 9.18. The number of hydrogen-bond donors (Lipinski definition) is 1. The smallest absolute Gasteiger partial charge is 0.127 e. The van der Waals surface area contributed by atoms with Gasteiger partial charge in [-0.15, -0.1) is 0 Å². The zero-order chi connectivity index (χ0) is 15.7. The molecule has 3 aromatic rings. The quantitative estimate of drug-likeness (QED) is 0.794. The minimum Gasteiger partial charge on any atom is -0.322 e. The fraction of sp³-hybridized carbons (Fsp3) is 0.278. The number of aromatic nitrogens is 2. The Morgan fingerprint density at radius 1 is 1.14 bits per heavy atom. The molecular formula is C18H20FN3. The van der Waals surface area contributed by atoms with E-state index in [4.69, 9.17) is 10.7 Å². The minimum atomic E-state index is -0.225. The molecule has 3 rings (SSSR count). The van der Waals surface area contributed by atoms with Crippen molar-refractivity contribution >= 4 is 11.0 Å². The molecule has 0 bridgehead atoms. The van der Waals surface area contributed by atoms with Gasteiger partial charge in [0.25, 0.3) is 0 Å². The molecule has 2 N–H and O–H groups in total. The third kappa shape index (κ3) is 2.74. The summed E-state index contributed by atoms with van der Waals surface area (Å²) in [5.74, 6) is 0.903. The molecule has 22 heavy (non-hydrogen) atoms. The van der Waals surface area contributed by atoms with Gasteiger partial charge in [-0.05, 0) is 35.7 Å². The van der Waals surface area contributed by atoms with Crippen molar-refractivity contribution in [2.45, 2.75) is 26.4 Å². The molecule has 0 saturated carbocycles. The van der Waals surface area contributed by atoms with Crippen LogP contribution in [0.2, 0.25) is 0 Å². The van der Waals surface area contributed by atoms with Gasteiger partial charge in [0.1, 0.15) is 11.6 Å². The maximum atomic E-state index is 13.4. The fourth-order valence-corrected chi connectivity index (χ4v) is 2.63. The molecule has 0 fully saturated rings. The second-order valence-electron chi connectivity index (χ2n) is 5.94. The van der Waals surface area contributed by atoms with Crippen molar-refractivity contribution in [3.63, 3.8) is 0 Å². The Morgan fingerprint density at radius 2 is 1.91 bits per heavy atom. The number of para-hydroxylation sites is 2. The molecule has 0 aliphatic heterocycles. The monoisotopic (exact) mass is 297 g/mol. The number of fused-ring (bicyclic) bond motifs is 1. The fourth-order valence-electron chi connectivity index (χ4n) is 2.63. The van der Waals surface area contributed by atoms with Crippen molar-refractivity contribution in [3.8, 4) is 0 Å². The number of rotatable bonds is 4. The van der Waals surface area contributed by atoms with Crippen LogP contribution in [0.25, 0.3) is 11.0 Å². The van der Waals surface area contributed by atoms with Crippen LogP contribution in [-0.2, 0) is 6.54 Å². The lowest BCUT2D eigenvalue weighted by Gasteiger charge is -2.17. The minimum absolute atomic E-state index is 0.152. The molecule has 0 aliphatic carbocycles. The molecule has 2 aromatic carbocycles. The van der Waals surface area contributed by atoms with Gasteiger partial charge in [0, 0.05) is 6.54 Å². The van der Waals surface area contributed by atoms with Crippen LogP contribution >= 0.6 is 0 Å². The highest BCUT2D eigenvalue weighted by Crippen LogP contribution is 2.25. The number of nitrogens with zero attached hydrogens (tertiary/aromatic N) is 2. The highest BCUT2D eigenvalue weighted by Gasteiger charge is 2.19. The highest BCUT2D eigenvalue weighted by atomic mass is 19.1. The van der Waals surface area contributed by atoms with Gasteiger partial charge in [-0.25, -0.2) is 9.37 Å². The first-order valence-corrected chi connectivity index (χ1v) is 7.51. The van der Waals surface area contributed by atoms with E-state index in [1.807, 2.05) is 30.3 Å². The highest BCUT2D eigenvalue weighted by molar-refractivity contribution is 5.76. The van der Waals surface area contributed by atoms with Gasteiger partial charge in [0.15, 0.2) is 0 Å². The lowest BCUT2D eigenvalue weighted by Crippen LogP contribution is -2.22. The van der Waals surface area contributed by atoms with Crippen molar-refractivity contribution in [1.82, 2.24) is 9.55 Å². The first-order valence-electron chi connectivity index (χ1n) is 7.51. The van der Waals surface area contributed by atoms with Crippen LogP contribution in [-0.4, -0.2) is 9.55 Å². The summed E-state index contributed by atoms with van der Waals surface area (Å²) < 4.78 is 15.5. The number of hydrogen-bond acceptors (Lipinski definition) is 2. The molecular weight excluding hydrogens is 277 g/mol. The molecule has 0 radical (unpaired) electrons. The molecule has 0 unspecified atom stereocenters. The summed E-state index contributed by atoms with van der Waals surface area (Å²) >= 11 is 0. The molecule has 0 saturated heterocycles. The van der Waals surface area contributed by atoms with E-state index in [9.17, 15) is 4.39 Å². The average molecular weight is 297 g/mol. The van der Waals surface area contributed by atoms with E-state index in [0.29, 0.717) is 6.54 Å². The zero-order valence-corrected chi connectivity index (χ0v) is 12.8. The predicted octanol–water partition coefficient (Wildman–Crippen LogP) is 3.88. The lowest BCUT2D eigenvalue weighted by atomic mass is 10.0. The maximum absolute atomic E-state index is 13.4. The summed E-state index contributed by atoms with van der Waals surface area (Å²) in [7, 11) is 0. The third-order valence-electron chi connectivity index (χ3n) is 3.93. The van der Waals surface area contributed by atoms with E-state index in [0.717, 1.165) is 22.4 Å². The molecule has 0 spiro atoms.